The van der Waals surface area contributed by atoms with Crippen molar-refractivity contribution in [1.82, 2.24) is 10.6 Å². The molecule has 0 heterocycles. The van der Waals surface area contributed by atoms with Gasteiger partial charge < -0.3 is 16.0 Å². The average Bonchev–Trinajstić information content (AvgIpc) is 2.57. The van der Waals surface area contributed by atoms with Gasteiger partial charge in [0.2, 0.25) is 5.91 Å². The first-order chi connectivity index (χ1) is 11.8. The van der Waals surface area contributed by atoms with E-state index in [0.717, 1.165) is 6.07 Å². The number of nitriles is 1. The molecule has 0 aromatic heterocycles. The summed E-state index contributed by atoms with van der Waals surface area (Å²) >= 11 is 0. The second-order valence-electron chi connectivity index (χ2n) is 5.77. The van der Waals surface area contributed by atoms with Crippen LogP contribution in [0.5, 0.6) is 0 Å². The Morgan fingerprint density at radius 1 is 1.36 bits per heavy atom. The molecule has 0 bridgehead atoms. The van der Waals surface area contributed by atoms with Crippen LogP contribution in [0.2, 0.25) is 0 Å². The highest BCUT2D eigenvalue weighted by atomic mass is 16.6. The molecule has 0 fully saturated rings. The smallest absolute Gasteiger partial charge is 0.293 e. The van der Waals surface area contributed by atoms with Crippen LogP contribution in [0.25, 0.3) is 0 Å². The molecule has 25 heavy (non-hydrogen) atoms. The molecule has 0 saturated heterocycles. The van der Waals surface area contributed by atoms with Gasteiger partial charge in [0, 0.05) is 18.7 Å². The van der Waals surface area contributed by atoms with Crippen molar-refractivity contribution in [2.45, 2.75) is 26.3 Å². The number of anilines is 1. The second kappa shape index (κ2) is 9.22. The topological polar surface area (TPSA) is 137 Å². The fourth-order valence-corrected chi connectivity index (χ4v) is 2.23. The molecule has 9 heteroatoms. The number of nitro benzene ring substituents is 1. The van der Waals surface area contributed by atoms with Crippen LogP contribution >= 0.6 is 0 Å². The Morgan fingerprint density at radius 3 is 2.56 bits per heavy atom. The van der Waals surface area contributed by atoms with Gasteiger partial charge >= 0.3 is 0 Å². The zero-order chi connectivity index (χ0) is 19.0. The standard InChI is InChI=1S/C16H21N5O4/c1-10(2)8-13(16(23)19-7-6-17)20-15(22)11-4-5-12(18-3)14(9-11)21(24)25/h4-5,9-10,13,18H,7-8H2,1-3H3,(H,19,23)(H,20,22)/t13-/m0/s1. The van der Waals surface area contributed by atoms with Gasteiger partial charge in [0.1, 0.15) is 18.3 Å². The maximum Gasteiger partial charge on any atom is 0.293 e. The van der Waals surface area contributed by atoms with Gasteiger partial charge in [0.05, 0.1) is 11.0 Å². The van der Waals surface area contributed by atoms with E-state index in [9.17, 15) is 19.7 Å². The van der Waals surface area contributed by atoms with Crippen molar-refractivity contribution in [3.05, 3.63) is 33.9 Å². The largest absolute Gasteiger partial charge is 0.383 e. The van der Waals surface area contributed by atoms with Gasteiger partial charge in [-0.05, 0) is 24.5 Å². The number of rotatable bonds is 8. The van der Waals surface area contributed by atoms with Gasteiger partial charge in [0.15, 0.2) is 0 Å². The van der Waals surface area contributed by atoms with Crippen LogP contribution in [0.15, 0.2) is 18.2 Å². The van der Waals surface area contributed by atoms with Gasteiger partial charge in [-0.1, -0.05) is 13.8 Å². The second-order valence-corrected chi connectivity index (χ2v) is 5.77. The predicted molar refractivity (Wildman–Crippen MR) is 92.0 cm³/mol. The Morgan fingerprint density at radius 2 is 2.04 bits per heavy atom. The lowest BCUT2D eigenvalue weighted by molar-refractivity contribution is -0.384. The molecule has 1 aromatic rings. The SMILES string of the molecule is CNc1ccc(C(=O)N[C@@H](CC(C)C)C(=O)NCC#N)cc1[N+](=O)[O-]. The lowest BCUT2D eigenvalue weighted by Gasteiger charge is -2.19. The van der Waals surface area contributed by atoms with Crippen molar-refractivity contribution < 1.29 is 14.5 Å². The summed E-state index contributed by atoms with van der Waals surface area (Å²) in [5.41, 5.74) is 0.129. The maximum absolute atomic E-state index is 12.4. The number of benzene rings is 1. The zero-order valence-electron chi connectivity index (χ0n) is 14.3. The number of hydrogen-bond acceptors (Lipinski definition) is 6. The van der Waals surface area contributed by atoms with Crippen LogP contribution in [0, 0.1) is 27.4 Å². The summed E-state index contributed by atoms with van der Waals surface area (Å²) in [5, 5.41) is 27.3. The minimum atomic E-state index is -0.830. The number of nitrogens with zero attached hydrogens (tertiary/aromatic N) is 2. The Balaban J connectivity index is 2.99. The summed E-state index contributed by atoms with van der Waals surface area (Å²) in [4.78, 5) is 35.0. The van der Waals surface area contributed by atoms with Crippen LogP contribution in [0.1, 0.15) is 30.6 Å². The molecular weight excluding hydrogens is 326 g/mol. The molecule has 0 unspecified atom stereocenters. The molecule has 0 spiro atoms. The van der Waals surface area contributed by atoms with E-state index in [1.165, 1.54) is 12.1 Å². The quantitative estimate of drug-likeness (QED) is 0.369. The Hall–Kier alpha value is -3.15. The first-order valence-corrected chi connectivity index (χ1v) is 7.71. The molecule has 9 nitrogen and oxygen atoms in total. The summed E-state index contributed by atoms with van der Waals surface area (Å²) in [7, 11) is 1.54. The summed E-state index contributed by atoms with van der Waals surface area (Å²) in [6, 6.07) is 4.99. The van der Waals surface area contributed by atoms with Crippen LogP contribution in [-0.4, -0.2) is 36.4 Å². The minimum Gasteiger partial charge on any atom is -0.383 e. The molecule has 1 rings (SSSR count). The molecule has 0 saturated carbocycles. The zero-order valence-corrected chi connectivity index (χ0v) is 14.3. The number of carbonyl (C=O) groups excluding carboxylic acids is 2. The monoisotopic (exact) mass is 347 g/mol. The number of nitro groups is 1. The third-order valence-corrected chi connectivity index (χ3v) is 3.40. The summed E-state index contributed by atoms with van der Waals surface area (Å²) < 4.78 is 0. The third-order valence-electron chi connectivity index (χ3n) is 3.40. The van der Waals surface area contributed by atoms with Crippen molar-refractivity contribution in [2.75, 3.05) is 18.9 Å². The Bertz CT molecular complexity index is 696. The van der Waals surface area contributed by atoms with Crippen LogP contribution < -0.4 is 16.0 Å². The van der Waals surface area contributed by atoms with E-state index in [4.69, 9.17) is 5.26 Å². The van der Waals surface area contributed by atoms with Crippen molar-refractivity contribution in [3.63, 3.8) is 0 Å². The van der Waals surface area contributed by atoms with E-state index in [2.05, 4.69) is 16.0 Å². The van der Waals surface area contributed by atoms with E-state index in [1.807, 2.05) is 13.8 Å². The van der Waals surface area contributed by atoms with E-state index in [1.54, 1.807) is 13.1 Å². The van der Waals surface area contributed by atoms with Gasteiger partial charge in [-0.2, -0.15) is 5.26 Å². The number of amides is 2. The molecule has 1 atom stereocenters. The predicted octanol–water partition coefficient (Wildman–Crippen LogP) is 1.42. The lowest BCUT2D eigenvalue weighted by Crippen LogP contribution is -2.47. The summed E-state index contributed by atoms with van der Waals surface area (Å²) in [5.74, 6) is -0.937. The van der Waals surface area contributed by atoms with Crippen molar-refractivity contribution in [2.24, 2.45) is 5.92 Å². The molecule has 2 amide bonds. The summed E-state index contributed by atoms with van der Waals surface area (Å²) in [6.07, 6.45) is 0.375. The highest BCUT2D eigenvalue weighted by Gasteiger charge is 2.24. The number of carbonyl (C=O) groups is 2. The van der Waals surface area contributed by atoms with Gasteiger partial charge in [0.25, 0.3) is 11.6 Å². The lowest BCUT2D eigenvalue weighted by atomic mass is 10.0. The fourth-order valence-electron chi connectivity index (χ4n) is 2.23. The van der Waals surface area contributed by atoms with Gasteiger partial charge in [-0.3, -0.25) is 19.7 Å². The normalized spacial score (nSPS) is 11.3. The van der Waals surface area contributed by atoms with Crippen LogP contribution in [0.3, 0.4) is 0 Å². The molecule has 0 radical (unpaired) electrons. The van der Waals surface area contributed by atoms with E-state index >= 15 is 0 Å². The van der Waals surface area contributed by atoms with Crippen molar-refractivity contribution in [3.8, 4) is 6.07 Å². The van der Waals surface area contributed by atoms with Gasteiger partial charge in [-0.25, -0.2) is 0 Å². The van der Waals surface area contributed by atoms with Crippen molar-refractivity contribution in [1.29, 1.82) is 5.26 Å². The molecule has 1 aromatic carbocycles. The molecule has 0 aliphatic rings. The van der Waals surface area contributed by atoms with E-state index in [0.29, 0.717) is 6.42 Å². The van der Waals surface area contributed by atoms with Gasteiger partial charge in [-0.15, -0.1) is 0 Å². The van der Waals surface area contributed by atoms with E-state index < -0.39 is 22.8 Å². The first kappa shape index (κ1) is 19.9. The number of nitrogens with one attached hydrogen (secondary N) is 3. The first-order valence-electron chi connectivity index (χ1n) is 7.71. The van der Waals surface area contributed by atoms with Crippen molar-refractivity contribution >= 4 is 23.2 Å². The highest BCUT2D eigenvalue weighted by molar-refractivity contribution is 5.98. The molecule has 134 valence electrons. The molecular formula is C16H21N5O4. The third kappa shape index (κ3) is 5.76. The Kier molecular flexibility index (Phi) is 7.34. The van der Waals surface area contributed by atoms with Crippen LogP contribution in [0.4, 0.5) is 11.4 Å². The Labute approximate surface area is 145 Å². The summed E-state index contributed by atoms with van der Waals surface area (Å²) in [6.45, 7) is 3.62. The molecule has 3 N–H and O–H groups in total. The number of hydrogen-bond donors (Lipinski definition) is 3. The maximum atomic E-state index is 12.4. The van der Waals surface area contributed by atoms with E-state index in [-0.39, 0.29) is 29.4 Å². The molecule has 0 aliphatic carbocycles. The molecule has 0 aliphatic heterocycles. The highest BCUT2D eigenvalue weighted by Crippen LogP contribution is 2.25. The van der Waals surface area contributed by atoms with Crippen LogP contribution in [-0.2, 0) is 4.79 Å². The average molecular weight is 347 g/mol. The minimum absolute atomic E-state index is 0.0764. The fraction of sp³-hybridized carbons (Fsp3) is 0.438.